The van der Waals surface area contributed by atoms with Crippen molar-refractivity contribution in [1.82, 2.24) is 10.3 Å². The Kier molecular flexibility index (Phi) is 4.94. The Morgan fingerprint density at radius 3 is 2.55 bits per heavy atom. The molecular weight excluding hydrogens is 279 g/mol. The van der Waals surface area contributed by atoms with Gasteiger partial charge >= 0.3 is 0 Å². The maximum Gasteiger partial charge on any atom is 0.267 e. The minimum atomic E-state index is -0.312. The number of carbonyl (C=O) groups is 1. The molecule has 0 saturated heterocycles. The molecule has 0 radical (unpaired) electrons. The molecule has 3 aromatic rings. The van der Waals surface area contributed by atoms with E-state index in [0.29, 0.717) is 17.6 Å². The van der Waals surface area contributed by atoms with Crippen LogP contribution in [0.5, 0.6) is 0 Å². The van der Waals surface area contributed by atoms with Gasteiger partial charge < -0.3 is 10.3 Å². The molecule has 3 nitrogen and oxygen atoms in total. The van der Waals surface area contributed by atoms with Gasteiger partial charge in [0, 0.05) is 17.4 Å². The number of nitrogens with one attached hydrogen (secondary N) is 2. The third-order valence-electron chi connectivity index (χ3n) is 3.12. The summed E-state index contributed by atoms with van der Waals surface area (Å²) in [5, 5.41) is 3.52. The van der Waals surface area contributed by atoms with Crippen LogP contribution in [0.15, 0.2) is 54.6 Å². The molecule has 1 amide bonds. The van der Waals surface area contributed by atoms with Crippen molar-refractivity contribution in [3.05, 3.63) is 71.7 Å². The maximum absolute atomic E-state index is 13.1. The quantitative estimate of drug-likeness (QED) is 0.714. The Labute approximate surface area is 128 Å². The highest BCUT2D eigenvalue weighted by Crippen LogP contribution is 2.16. The average molecular weight is 294 g/mol. The zero-order valence-electron chi connectivity index (χ0n) is 11.8. The van der Waals surface area contributed by atoms with Gasteiger partial charge in [-0.15, -0.1) is 12.8 Å². The zero-order chi connectivity index (χ0) is 15.9. The van der Waals surface area contributed by atoms with E-state index in [4.69, 9.17) is 0 Å². The zero-order valence-corrected chi connectivity index (χ0v) is 11.8. The van der Waals surface area contributed by atoms with Crippen LogP contribution in [0, 0.1) is 18.7 Å². The van der Waals surface area contributed by atoms with Crippen molar-refractivity contribution in [3.63, 3.8) is 0 Å². The van der Waals surface area contributed by atoms with E-state index in [1.807, 2.05) is 30.3 Å². The number of benzene rings is 2. The standard InChI is InChI=1S/C16H13FN2O.C2H2/c17-13-6-7-14-12(8-13)9-15(19-14)16(20)18-10-11-4-2-1-3-5-11;1-2/h1-9,19H,10H2,(H,18,20);1-2H. The Bertz CT molecular complexity index is 790. The number of aromatic amines is 1. The lowest BCUT2D eigenvalue weighted by Gasteiger charge is -2.03. The van der Waals surface area contributed by atoms with Gasteiger partial charge in [0.15, 0.2) is 0 Å². The summed E-state index contributed by atoms with van der Waals surface area (Å²) < 4.78 is 13.1. The molecule has 22 heavy (non-hydrogen) atoms. The van der Waals surface area contributed by atoms with Crippen LogP contribution in [0.4, 0.5) is 4.39 Å². The van der Waals surface area contributed by atoms with E-state index in [-0.39, 0.29) is 11.7 Å². The first-order valence-electron chi connectivity index (χ1n) is 6.66. The van der Waals surface area contributed by atoms with Crippen LogP contribution in [0.2, 0.25) is 0 Å². The summed E-state index contributed by atoms with van der Waals surface area (Å²) in [6.07, 6.45) is 8.00. The predicted octanol–water partition coefficient (Wildman–Crippen LogP) is 3.49. The molecule has 0 aliphatic carbocycles. The maximum atomic E-state index is 13.1. The normalized spacial score (nSPS) is 9.77. The fourth-order valence-corrected chi connectivity index (χ4v) is 2.10. The Morgan fingerprint density at radius 2 is 1.82 bits per heavy atom. The molecular formula is C18H15FN2O. The van der Waals surface area contributed by atoms with Gasteiger partial charge in [-0.1, -0.05) is 30.3 Å². The van der Waals surface area contributed by atoms with Crippen molar-refractivity contribution < 1.29 is 9.18 Å². The monoisotopic (exact) mass is 294 g/mol. The summed E-state index contributed by atoms with van der Waals surface area (Å²) in [5.41, 5.74) is 2.21. The topological polar surface area (TPSA) is 44.9 Å². The van der Waals surface area contributed by atoms with E-state index >= 15 is 0 Å². The summed E-state index contributed by atoms with van der Waals surface area (Å²) >= 11 is 0. The Hall–Kier alpha value is -3.06. The second-order valence-electron chi connectivity index (χ2n) is 4.58. The highest BCUT2D eigenvalue weighted by Gasteiger charge is 2.09. The van der Waals surface area contributed by atoms with Crippen LogP contribution >= 0.6 is 0 Å². The number of hydrogen-bond acceptors (Lipinski definition) is 1. The number of aromatic nitrogens is 1. The fourth-order valence-electron chi connectivity index (χ4n) is 2.10. The van der Waals surface area contributed by atoms with Crippen LogP contribution in [0.3, 0.4) is 0 Å². The smallest absolute Gasteiger partial charge is 0.267 e. The van der Waals surface area contributed by atoms with Gasteiger partial charge in [-0.25, -0.2) is 4.39 Å². The SMILES string of the molecule is C#C.O=C(NCc1ccccc1)c1cc2cc(F)ccc2[nH]1. The molecule has 0 aliphatic heterocycles. The molecule has 0 bridgehead atoms. The second kappa shape index (κ2) is 7.09. The lowest BCUT2D eigenvalue weighted by molar-refractivity contribution is 0.0947. The molecule has 0 saturated carbocycles. The summed E-state index contributed by atoms with van der Waals surface area (Å²) in [4.78, 5) is 15.0. The minimum Gasteiger partial charge on any atom is -0.351 e. The van der Waals surface area contributed by atoms with Crippen molar-refractivity contribution in [2.75, 3.05) is 0 Å². The van der Waals surface area contributed by atoms with Gasteiger partial charge in [-0.3, -0.25) is 4.79 Å². The molecule has 2 aromatic carbocycles. The van der Waals surface area contributed by atoms with Crippen molar-refractivity contribution in [3.8, 4) is 12.8 Å². The molecule has 0 fully saturated rings. The first kappa shape index (κ1) is 15.3. The van der Waals surface area contributed by atoms with Gasteiger partial charge in [0.1, 0.15) is 11.5 Å². The van der Waals surface area contributed by atoms with E-state index in [2.05, 4.69) is 23.1 Å². The molecule has 2 N–H and O–H groups in total. The second-order valence-corrected chi connectivity index (χ2v) is 4.58. The van der Waals surface area contributed by atoms with Crippen LogP contribution in [-0.2, 0) is 6.54 Å². The number of rotatable bonds is 3. The van der Waals surface area contributed by atoms with Crippen LogP contribution in [0.25, 0.3) is 10.9 Å². The van der Waals surface area contributed by atoms with E-state index in [9.17, 15) is 9.18 Å². The molecule has 0 spiro atoms. The highest BCUT2D eigenvalue weighted by molar-refractivity contribution is 5.97. The minimum absolute atomic E-state index is 0.203. The number of fused-ring (bicyclic) bond motifs is 1. The van der Waals surface area contributed by atoms with Crippen molar-refractivity contribution in [1.29, 1.82) is 0 Å². The number of hydrogen-bond donors (Lipinski definition) is 2. The number of halogens is 1. The first-order valence-corrected chi connectivity index (χ1v) is 6.66. The first-order chi connectivity index (χ1) is 10.7. The van der Waals surface area contributed by atoms with Gasteiger partial charge in [0.25, 0.3) is 5.91 Å². The van der Waals surface area contributed by atoms with E-state index in [1.54, 1.807) is 12.1 Å². The number of amides is 1. The lowest BCUT2D eigenvalue weighted by atomic mass is 10.2. The Morgan fingerprint density at radius 1 is 1.09 bits per heavy atom. The van der Waals surface area contributed by atoms with E-state index in [0.717, 1.165) is 11.1 Å². The summed E-state index contributed by atoms with van der Waals surface area (Å²) in [5.74, 6) is -0.516. The van der Waals surface area contributed by atoms with Crippen molar-refractivity contribution >= 4 is 16.8 Å². The molecule has 3 rings (SSSR count). The van der Waals surface area contributed by atoms with Gasteiger partial charge in [0.2, 0.25) is 0 Å². The molecule has 110 valence electrons. The van der Waals surface area contributed by atoms with Gasteiger partial charge in [-0.05, 0) is 29.8 Å². The van der Waals surface area contributed by atoms with Gasteiger partial charge in [0.05, 0.1) is 0 Å². The molecule has 0 atom stereocenters. The molecule has 1 aromatic heterocycles. The van der Waals surface area contributed by atoms with Crippen molar-refractivity contribution in [2.45, 2.75) is 6.54 Å². The van der Waals surface area contributed by atoms with Crippen LogP contribution < -0.4 is 5.32 Å². The molecule has 0 unspecified atom stereocenters. The molecule has 0 aliphatic rings. The number of terminal acetylenes is 1. The summed E-state index contributed by atoms with van der Waals surface area (Å²) in [6, 6.07) is 15.7. The van der Waals surface area contributed by atoms with E-state index in [1.165, 1.54) is 12.1 Å². The number of carbonyl (C=O) groups excluding carboxylic acids is 1. The van der Waals surface area contributed by atoms with Crippen LogP contribution in [0.1, 0.15) is 16.1 Å². The largest absolute Gasteiger partial charge is 0.351 e. The Balaban J connectivity index is 0.000000847. The average Bonchev–Trinajstić information content (AvgIpc) is 2.98. The molecule has 1 heterocycles. The summed E-state index contributed by atoms with van der Waals surface area (Å²) in [6.45, 7) is 0.462. The number of H-pyrrole nitrogens is 1. The van der Waals surface area contributed by atoms with Crippen molar-refractivity contribution in [2.24, 2.45) is 0 Å². The third-order valence-corrected chi connectivity index (χ3v) is 3.12. The van der Waals surface area contributed by atoms with E-state index < -0.39 is 0 Å². The predicted molar refractivity (Wildman–Crippen MR) is 85.8 cm³/mol. The highest BCUT2D eigenvalue weighted by atomic mass is 19.1. The fraction of sp³-hybridized carbons (Fsp3) is 0.0556. The van der Waals surface area contributed by atoms with Crippen LogP contribution in [-0.4, -0.2) is 10.9 Å². The lowest BCUT2D eigenvalue weighted by Crippen LogP contribution is -2.22. The third kappa shape index (κ3) is 3.53. The van der Waals surface area contributed by atoms with Gasteiger partial charge in [-0.2, -0.15) is 0 Å². The summed E-state index contributed by atoms with van der Waals surface area (Å²) in [7, 11) is 0. The molecule has 4 heteroatoms.